The molecule has 5 heteroatoms. The Morgan fingerprint density at radius 1 is 1.34 bits per heavy atom. The van der Waals surface area contributed by atoms with E-state index in [-0.39, 0.29) is 13.7 Å². The minimum atomic E-state index is 0.181. The second-order valence-corrected chi connectivity index (χ2v) is 10.8. The van der Waals surface area contributed by atoms with E-state index in [1.54, 1.807) is 0 Å². The number of ketones is 1. The fourth-order valence-electron chi connectivity index (χ4n) is 4.07. The summed E-state index contributed by atoms with van der Waals surface area (Å²) in [6.07, 6.45) is 9.93. The van der Waals surface area contributed by atoms with Gasteiger partial charge in [-0.2, -0.15) is 0 Å². The Bertz CT molecular complexity index is 933. The van der Waals surface area contributed by atoms with Crippen molar-refractivity contribution in [2.75, 3.05) is 19.0 Å². The van der Waals surface area contributed by atoms with Crippen molar-refractivity contribution in [3.05, 3.63) is 47.3 Å². The second-order valence-electron chi connectivity index (χ2n) is 8.17. The fraction of sp³-hybridized carbons (Fsp3) is 0.500. The average molecular weight is 412 g/mol. The van der Waals surface area contributed by atoms with Crippen LogP contribution in [0.3, 0.4) is 0 Å². The highest BCUT2D eigenvalue weighted by Gasteiger charge is 2.22. The lowest BCUT2D eigenvalue weighted by Crippen LogP contribution is -2.19. The lowest BCUT2D eigenvalue weighted by atomic mass is 10.0. The molecule has 2 N–H and O–H groups in total. The van der Waals surface area contributed by atoms with Gasteiger partial charge in [0.15, 0.2) is 5.78 Å². The summed E-state index contributed by atoms with van der Waals surface area (Å²) in [6.45, 7) is 9.77. The summed E-state index contributed by atoms with van der Waals surface area (Å²) in [7, 11) is 0.232. The van der Waals surface area contributed by atoms with Gasteiger partial charge in [0, 0.05) is 25.1 Å². The zero-order valence-corrected chi connectivity index (χ0v) is 19.1. The summed E-state index contributed by atoms with van der Waals surface area (Å²) in [5.41, 5.74) is 11.0. The van der Waals surface area contributed by atoms with Crippen molar-refractivity contribution in [1.29, 1.82) is 0 Å². The Labute approximate surface area is 176 Å². The molecule has 156 valence electrons. The number of rotatable bonds is 7. The van der Waals surface area contributed by atoms with Crippen LogP contribution in [0.5, 0.6) is 0 Å². The number of hydrogen-bond acceptors (Lipinski definition) is 3. The molecule has 1 aliphatic rings. The molecule has 29 heavy (non-hydrogen) atoms. The van der Waals surface area contributed by atoms with Crippen LogP contribution in [0.4, 0.5) is 0 Å². The Morgan fingerprint density at radius 3 is 2.69 bits per heavy atom. The van der Waals surface area contributed by atoms with Crippen LogP contribution in [-0.2, 0) is 17.9 Å². The monoisotopic (exact) mass is 411 g/mol. The molecule has 0 bridgehead atoms. The maximum atomic E-state index is 12.1. The summed E-state index contributed by atoms with van der Waals surface area (Å²) < 4.78 is 2.37. The first-order valence-electron chi connectivity index (χ1n) is 10.7. The van der Waals surface area contributed by atoms with Crippen molar-refractivity contribution in [3.63, 3.8) is 0 Å². The SMILES string of the molecule is C/C=C(\C=C(\C)C(=O)CC)c1nc2ccc(CN)cc2n1CC1CCP(C)CC1. The number of benzene rings is 1. The molecule has 0 unspecified atom stereocenters. The highest BCUT2D eigenvalue weighted by molar-refractivity contribution is 7.56. The van der Waals surface area contributed by atoms with Gasteiger partial charge in [0.2, 0.25) is 0 Å². The lowest BCUT2D eigenvalue weighted by Gasteiger charge is -2.27. The lowest BCUT2D eigenvalue weighted by molar-refractivity contribution is -0.115. The second kappa shape index (κ2) is 9.82. The van der Waals surface area contributed by atoms with Crippen molar-refractivity contribution >= 4 is 30.3 Å². The van der Waals surface area contributed by atoms with Gasteiger partial charge >= 0.3 is 0 Å². The number of nitrogens with two attached hydrogens (primary N) is 1. The predicted octanol–water partition coefficient (Wildman–Crippen LogP) is 5.35. The normalized spacial score (nSPS) is 21.0. The van der Waals surface area contributed by atoms with Crippen LogP contribution in [0.25, 0.3) is 16.6 Å². The summed E-state index contributed by atoms with van der Waals surface area (Å²) >= 11 is 0. The van der Waals surface area contributed by atoms with E-state index in [0.717, 1.165) is 40.1 Å². The van der Waals surface area contributed by atoms with Gasteiger partial charge in [-0.25, -0.2) is 4.98 Å². The van der Waals surface area contributed by atoms with Gasteiger partial charge in [-0.05, 0) is 80.9 Å². The third-order valence-electron chi connectivity index (χ3n) is 6.03. The highest BCUT2D eigenvalue weighted by Crippen LogP contribution is 2.41. The number of carbonyl (C=O) groups excluding carboxylic acids is 1. The molecular formula is C24H34N3OP. The minimum absolute atomic E-state index is 0.181. The van der Waals surface area contributed by atoms with Gasteiger partial charge in [-0.1, -0.05) is 19.1 Å². The zero-order chi connectivity index (χ0) is 21.0. The molecule has 1 fully saturated rings. The molecule has 0 aliphatic carbocycles. The minimum Gasteiger partial charge on any atom is -0.326 e. The van der Waals surface area contributed by atoms with Gasteiger partial charge in [0.1, 0.15) is 5.82 Å². The predicted molar refractivity (Wildman–Crippen MR) is 126 cm³/mol. The third kappa shape index (κ3) is 5.05. The third-order valence-corrected chi connectivity index (χ3v) is 8.07. The maximum Gasteiger partial charge on any atom is 0.158 e. The summed E-state index contributed by atoms with van der Waals surface area (Å²) in [4.78, 5) is 17.1. The first-order chi connectivity index (χ1) is 14.0. The number of imidazole rings is 1. The molecule has 1 aliphatic heterocycles. The molecule has 1 aromatic heterocycles. The molecule has 0 spiro atoms. The number of allylic oxidation sites excluding steroid dienone is 4. The van der Waals surface area contributed by atoms with E-state index < -0.39 is 0 Å². The molecule has 1 saturated heterocycles. The molecule has 0 radical (unpaired) electrons. The summed E-state index contributed by atoms with van der Waals surface area (Å²) in [6, 6.07) is 6.32. The first kappa shape index (κ1) is 21.9. The van der Waals surface area contributed by atoms with Crippen LogP contribution in [0.1, 0.15) is 51.4 Å². The van der Waals surface area contributed by atoms with Gasteiger partial charge < -0.3 is 10.3 Å². The number of nitrogens with zero attached hydrogens (tertiary/aromatic N) is 2. The van der Waals surface area contributed by atoms with Gasteiger partial charge in [-0.3, -0.25) is 4.79 Å². The van der Waals surface area contributed by atoms with Crippen molar-refractivity contribution in [3.8, 4) is 0 Å². The number of carbonyl (C=O) groups is 1. The zero-order valence-electron chi connectivity index (χ0n) is 18.2. The van der Waals surface area contributed by atoms with E-state index in [9.17, 15) is 4.79 Å². The highest BCUT2D eigenvalue weighted by atomic mass is 31.1. The molecular weight excluding hydrogens is 377 g/mol. The van der Waals surface area contributed by atoms with Crippen molar-refractivity contribution in [2.24, 2.45) is 11.7 Å². The van der Waals surface area contributed by atoms with Crippen LogP contribution in [0.15, 0.2) is 35.9 Å². The fourth-order valence-corrected chi connectivity index (χ4v) is 5.91. The molecule has 0 amide bonds. The van der Waals surface area contributed by atoms with E-state index in [1.807, 2.05) is 26.8 Å². The molecule has 4 nitrogen and oxygen atoms in total. The van der Waals surface area contributed by atoms with E-state index >= 15 is 0 Å². The van der Waals surface area contributed by atoms with Crippen LogP contribution in [0, 0.1) is 5.92 Å². The first-order valence-corrected chi connectivity index (χ1v) is 12.9. The number of fused-ring (bicyclic) bond motifs is 1. The van der Waals surface area contributed by atoms with E-state index in [2.05, 4.69) is 35.5 Å². The topological polar surface area (TPSA) is 60.9 Å². The van der Waals surface area contributed by atoms with Crippen LogP contribution in [-0.4, -0.2) is 34.3 Å². The molecule has 3 rings (SSSR count). The van der Waals surface area contributed by atoms with Crippen LogP contribution in [0.2, 0.25) is 0 Å². The van der Waals surface area contributed by atoms with E-state index in [1.165, 1.54) is 25.2 Å². The largest absolute Gasteiger partial charge is 0.326 e. The molecule has 0 saturated carbocycles. The molecule has 2 aromatic rings. The smallest absolute Gasteiger partial charge is 0.158 e. The van der Waals surface area contributed by atoms with Crippen molar-refractivity contribution in [1.82, 2.24) is 9.55 Å². The van der Waals surface area contributed by atoms with Crippen molar-refractivity contribution in [2.45, 2.75) is 53.1 Å². The molecule has 1 aromatic carbocycles. The van der Waals surface area contributed by atoms with Crippen LogP contribution >= 0.6 is 7.92 Å². The van der Waals surface area contributed by atoms with E-state index in [4.69, 9.17) is 10.7 Å². The Hall–Kier alpha value is -1.77. The Morgan fingerprint density at radius 2 is 2.07 bits per heavy atom. The van der Waals surface area contributed by atoms with Gasteiger partial charge in [0.05, 0.1) is 11.0 Å². The molecule has 2 heterocycles. The van der Waals surface area contributed by atoms with Gasteiger partial charge in [0.25, 0.3) is 0 Å². The number of hydrogen-bond donors (Lipinski definition) is 1. The standard InChI is InChI=1S/C24H34N3OP/c1-5-20(13-17(3)23(28)6-2)24-26-21-8-7-19(15-25)14-22(21)27(24)16-18-9-11-29(4)12-10-18/h5,7-8,13-14,18H,6,9-12,15-16,25H2,1-4H3/b17-13-,20-5+. The van der Waals surface area contributed by atoms with Crippen LogP contribution < -0.4 is 5.73 Å². The summed E-state index contributed by atoms with van der Waals surface area (Å²) in [5, 5.41) is 0. The Balaban J connectivity index is 2.06. The van der Waals surface area contributed by atoms with Crippen molar-refractivity contribution < 1.29 is 4.79 Å². The quantitative estimate of drug-likeness (QED) is 0.380. The van der Waals surface area contributed by atoms with E-state index in [0.29, 0.717) is 18.9 Å². The van der Waals surface area contributed by atoms with Gasteiger partial charge in [-0.15, -0.1) is 7.92 Å². The Kier molecular flexibility index (Phi) is 7.43. The average Bonchev–Trinajstić information content (AvgIpc) is 3.09. The summed E-state index contributed by atoms with van der Waals surface area (Å²) in [5.74, 6) is 1.83. The molecule has 0 atom stereocenters. The number of aromatic nitrogens is 2. The maximum absolute atomic E-state index is 12.1. The number of Topliss-reactive ketones (excluding diaryl/α,β-unsaturated/α-hetero) is 1.